The summed E-state index contributed by atoms with van der Waals surface area (Å²) in [5.74, 6) is 4.94. The minimum absolute atomic E-state index is 0.172. The summed E-state index contributed by atoms with van der Waals surface area (Å²) in [6.45, 7) is 12.2. The van der Waals surface area contributed by atoms with E-state index in [1.54, 1.807) is 0 Å². The fourth-order valence-corrected chi connectivity index (χ4v) is 14.5. The third-order valence-electron chi connectivity index (χ3n) is 20.3. The van der Waals surface area contributed by atoms with Gasteiger partial charge in [0.15, 0.2) is 0 Å². The Morgan fingerprint density at radius 2 is 0.466 bits per heavy atom. The van der Waals surface area contributed by atoms with Gasteiger partial charge in [0.05, 0.1) is 52.9 Å². The van der Waals surface area contributed by atoms with Gasteiger partial charge >= 0.3 is 24.1 Å². The van der Waals surface area contributed by atoms with Crippen LogP contribution in [0.25, 0.3) is 0 Å². The maximum atomic E-state index is 14.9. The molecule has 0 spiro atoms. The van der Waals surface area contributed by atoms with E-state index in [-0.39, 0.29) is 25.7 Å². The van der Waals surface area contributed by atoms with Gasteiger partial charge in [-0.25, -0.2) is 19.2 Å². The van der Waals surface area contributed by atoms with Crippen LogP contribution in [0.5, 0.6) is 46.0 Å². The smallest absolute Gasteiger partial charge is 0.323 e. The molecule has 0 atom stereocenters. The molecule has 616 valence electrons. The molecule has 1 aliphatic carbocycles. The minimum atomic E-state index is -0.485. The highest BCUT2D eigenvalue weighted by Crippen LogP contribution is 2.44. The predicted octanol–water partition coefficient (Wildman–Crippen LogP) is 24.6. The van der Waals surface area contributed by atoms with Crippen molar-refractivity contribution in [1.29, 1.82) is 0 Å². The summed E-state index contributed by atoms with van der Waals surface area (Å²) in [5, 5.41) is 25.5. The van der Waals surface area contributed by atoms with E-state index < -0.39 is 24.1 Å². The van der Waals surface area contributed by atoms with Gasteiger partial charge in [0.1, 0.15) is 46.0 Å². The molecular weight excluding hydrogens is 1460 g/mol. The highest BCUT2D eigenvalue weighted by Gasteiger charge is 2.27. The second-order valence-electron chi connectivity index (χ2n) is 30.2. The lowest BCUT2D eigenvalue weighted by atomic mass is 9.90. The van der Waals surface area contributed by atoms with Crippen molar-refractivity contribution in [2.24, 2.45) is 0 Å². The second-order valence-corrected chi connectivity index (χ2v) is 30.2. The van der Waals surface area contributed by atoms with Gasteiger partial charge in [-0.1, -0.05) is 128 Å². The van der Waals surface area contributed by atoms with Crippen LogP contribution in [0.2, 0.25) is 0 Å². The molecule has 0 aromatic heterocycles. The van der Waals surface area contributed by atoms with Crippen molar-refractivity contribution in [3.63, 3.8) is 0 Å². The average Bonchev–Trinajstić information content (AvgIpc) is 0.770. The van der Waals surface area contributed by atoms with Crippen molar-refractivity contribution in [3.8, 4) is 46.0 Å². The van der Waals surface area contributed by atoms with Crippen LogP contribution in [0.4, 0.5) is 64.7 Å². The first-order valence-electron chi connectivity index (χ1n) is 42.6. The van der Waals surface area contributed by atoms with Crippen LogP contribution < -0.4 is 80.4 Å². The quantitative estimate of drug-likeness (QED) is 0.0263. The number of hydrogen-bond acceptors (Lipinski definition) is 12. The molecule has 20 bridgehead atoms. The molecule has 8 amide bonds. The first-order chi connectivity index (χ1) is 56.9. The molecule has 0 radical (unpaired) electrons. The number of anilines is 8. The zero-order valence-electron chi connectivity index (χ0n) is 68.5. The monoisotopic (exact) mass is 1580 g/mol. The number of hydrogen-bond donors (Lipinski definition) is 8. The largest absolute Gasteiger partial charge is 0.494 e. The molecule has 0 saturated heterocycles. The van der Waals surface area contributed by atoms with E-state index in [2.05, 4.69) is 94.5 Å². The van der Waals surface area contributed by atoms with E-state index in [0.717, 1.165) is 154 Å². The summed E-state index contributed by atoms with van der Waals surface area (Å²) in [4.78, 5) is 59.4. The van der Waals surface area contributed by atoms with Crippen LogP contribution in [0.15, 0.2) is 170 Å². The fraction of sp³-hybridized carbons (Fsp3) is 0.417. The van der Waals surface area contributed by atoms with Gasteiger partial charge in [0.2, 0.25) is 0 Å². The van der Waals surface area contributed by atoms with Gasteiger partial charge in [0, 0.05) is 140 Å². The molecule has 11 rings (SSSR count). The van der Waals surface area contributed by atoms with E-state index in [0.29, 0.717) is 189 Å². The lowest BCUT2D eigenvalue weighted by molar-refractivity contribution is 0.261. The highest BCUT2D eigenvalue weighted by atomic mass is 16.5. The van der Waals surface area contributed by atoms with Crippen LogP contribution in [0.3, 0.4) is 0 Å². The summed E-state index contributed by atoms with van der Waals surface area (Å²) >= 11 is 0. The van der Waals surface area contributed by atoms with Crippen molar-refractivity contribution in [2.75, 3.05) is 95.4 Å². The number of urea groups is 4. The molecule has 20 nitrogen and oxygen atoms in total. The van der Waals surface area contributed by atoms with Gasteiger partial charge < -0.3 is 80.4 Å². The van der Waals surface area contributed by atoms with Crippen molar-refractivity contribution in [3.05, 3.63) is 214 Å². The predicted molar refractivity (Wildman–Crippen MR) is 469 cm³/mol. The molecule has 8 N–H and O–H groups in total. The Bertz CT molecular complexity index is 3900. The number of fused-ring (bicyclic) bond motifs is 16. The van der Waals surface area contributed by atoms with Crippen molar-refractivity contribution < 1.29 is 57.1 Å². The number of rotatable bonds is 20. The van der Waals surface area contributed by atoms with Gasteiger partial charge in [0.25, 0.3) is 0 Å². The highest BCUT2D eigenvalue weighted by molar-refractivity contribution is 6.03. The van der Waals surface area contributed by atoms with Crippen molar-refractivity contribution in [1.82, 2.24) is 0 Å². The summed E-state index contributed by atoms with van der Waals surface area (Å²) in [5.41, 5.74) is 9.80. The SMILES string of the molecule is CCCCCOc1c2cc3cc1Cc1cc4cc(c1OCCCCC)Cc1cc(cc(c1OCCCCC)Cc1cc(cc(c1OCCCCC)C2)NC(=O)Nc1cccc(c1)OCCCC/C=C\CCCCOc1cccc(c1)NC(=O)N3)NC(=O)Nc1cccc(c1)OCCCC/C=C/CCCCOc1cccc(c1)NC(=O)N4. The van der Waals surface area contributed by atoms with E-state index in [1.165, 1.54) is 0 Å². The summed E-state index contributed by atoms with van der Waals surface area (Å²) in [6.07, 6.45) is 31.2. The van der Waals surface area contributed by atoms with Crippen LogP contribution in [0, 0.1) is 0 Å². The van der Waals surface area contributed by atoms with E-state index >= 15 is 0 Å². The van der Waals surface area contributed by atoms with Crippen LogP contribution in [-0.2, 0) is 25.7 Å². The Hall–Kier alpha value is -11.3. The first kappa shape index (κ1) is 85.6. The first-order valence-corrected chi connectivity index (χ1v) is 42.6. The molecule has 8 aromatic carbocycles. The van der Waals surface area contributed by atoms with Gasteiger partial charge in [-0.2, -0.15) is 0 Å². The lowest BCUT2D eigenvalue weighted by Gasteiger charge is -2.25. The summed E-state index contributed by atoms with van der Waals surface area (Å²) in [7, 11) is 0. The number of carbonyl (C=O) groups excluding carboxylic acids is 4. The van der Waals surface area contributed by atoms with Crippen molar-refractivity contribution >= 4 is 69.6 Å². The second kappa shape index (κ2) is 46.9. The number of carbonyl (C=O) groups is 4. The molecule has 8 aromatic rings. The standard InChI is InChI=1S/C96H120N8O12/c1-5-9-25-49-113-89-69-53-70-58-82-63-75(90(70)114-50-26-10-6-2)56-76-64-84-60-72(92(76)116-52-28-12-8-4)54-71-59-83(103-95(107)99-79-39-35-43-87(67-79)111-47-31-23-19-15-16-20-24-32-48-112-88-44-36-40-80(68-88)100-96(108)104-84)62-74(91(71)115-51-27-11-7-3)55-73(89)61-81(57-69)101-93(105)97-77-37-33-41-85(65-77)109-45-29-21-17-13-14-18-22-30-46-110-86-42-34-38-78(66-86)98-94(106)102-82/h13-16,33-44,57-68H,5-12,17-32,45-56H2,1-4H3,(H2,97,101,105)(H2,98,102,106)(H2,99,103,107)(H2,100,104,108)/b14-13-,16-15+. The number of amides is 8. The molecular formula is C96H120N8O12. The molecule has 2 aliphatic heterocycles. The molecule has 0 saturated carbocycles. The third-order valence-corrected chi connectivity index (χ3v) is 20.3. The molecule has 0 unspecified atom stereocenters. The fourth-order valence-electron chi connectivity index (χ4n) is 14.5. The number of benzene rings is 8. The summed E-state index contributed by atoms with van der Waals surface area (Å²) < 4.78 is 54.1. The minimum Gasteiger partial charge on any atom is -0.494 e. The molecule has 0 fully saturated rings. The van der Waals surface area contributed by atoms with Gasteiger partial charge in [-0.15, -0.1) is 0 Å². The Balaban J connectivity index is 1.13. The lowest BCUT2D eigenvalue weighted by Crippen LogP contribution is -2.21. The molecule has 2 heterocycles. The molecule has 116 heavy (non-hydrogen) atoms. The van der Waals surface area contributed by atoms with Crippen molar-refractivity contribution in [2.45, 2.75) is 207 Å². The topological polar surface area (TPSA) is 238 Å². The van der Waals surface area contributed by atoms with Gasteiger partial charge in [-0.3, -0.25) is 0 Å². The normalized spacial score (nSPS) is 15.6. The zero-order valence-corrected chi connectivity index (χ0v) is 68.5. The van der Waals surface area contributed by atoms with Crippen LogP contribution >= 0.6 is 0 Å². The third kappa shape index (κ3) is 28.0. The van der Waals surface area contributed by atoms with E-state index in [4.69, 9.17) is 37.9 Å². The van der Waals surface area contributed by atoms with E-state index in [9.17, 15) is 19.2 Å². The number of ether oxygens (including phenoxy) is 8. The Morgan fingerprint density at radius 1 is 0.259 bits per heavy atom. The Kier molecular flexibility index (Phi) is 34.6. The maximum absolute atomic E-state index is 14.9. The molecule has 20 heteroatoms. The average molecular weight is 1580 g/mol. The van der Waals surface area contributed by atoms with Crippen LogP contribution in [-0.4, -0.2) is 77.0 Å². The van der Waals surface area contributed by atoms with E-state index in [1.807, 2.05) is 146 Å². The number of nitrogens with one attached hydrogen (secondary N) is 8. The maximum Gasteiger partial charge on any atom is 0.323 e. The Labute approximate surface area is 686 Å². The van der Waals surface area contributed by atoms with Gasteiger partial charge in [-0.05, 0) is 200 Å². The summed E-state index contributed by atoms with van der Waals surface area (Å²) in [6, 6.07) is 43.5. The number of unbranched alkanes of at least 4 members (excludes halogenated alkanes) is 8. The zero-order chi connectivity index (χ0) is 80.7. The van der Waals surface area contributed by atoms with Crippen LogP contribution in [0.1, 0.15) is 226 Å². The Morgan fingerprint density at radius 3 is 0.672 bits per heavy atom. The number of allylic oxidation sites excluding steroid dienone is 4. The molecule has 3 aliphatic rings.